The fraction of sp³-hybridized carbons (Fsp3) is 0.562. The lowest BCUT2D eigenvalue weighted by Crippen LogP contribution is -2.47. The highest BCUT2D eigenvalue weighted by Crippen LogP contribution is 2.19. The van der Waals surface area contributed by atoms with Crippen molar-refractivity contribution in [1.82, 2.24) is 5.32 Å². The molecule has 0 spiro atoms. The van der Waals surface area contributed by atoms with E-state index in [0.717, 1.165) is 5.75 Å². The fourth-order valence-corrected chi connectivity index (χ4v) is 3.11. The third kappa shape index (κ3) is 5.69. The summed E-state index contributed by atoms with van der Waals surface area (Å²) in [6.45, 7) is 3.51. The van der Waals surface area contributed by atoms with Gasteiger partial charge in [-0.3, -0.25) is 4.79 Å². The molecule has 2 N–H and O–H groups in total. The van der Waals surface area contributed by atoms with Gasteiger partial charge in [0.1, 0.15) is 0 Å². The Bertz CT molecular complexity index is 472. The number of ether oxygens (including phenoxy) is 1. The van der Waals surface area contributed by atoms with E-state index >= 15 is 0 Å². The second-order valence-corrected chi connectivity index (χ2v) is 6.58. The molecule has 1 fully saturated rings. The molecule has 21 heavy (non-hydrogen) atoms. The SMILES string of the molecule is Cc1cccc(CSCC(=O)NCC2(O)CCOCC2)c1. The zero-order chi connectivity index (χ0) is 15.1. The van der Waals surface area contributed by atoms with Gasteiger partial charge in [0.2, 0.25) is 5.91 Å². The van der Waals surface area contributed by atoms with Crippen LogP contribution in [-0.4, -0.2) is 42.1 Å². The Hall–Kier alpha value is -1.04. The van der Waals surface area contributed by atoms with Gasteiger partial charge in [-0.2, -0.15) is 0 Å². The monoisotopic (exact) mass is 309 g/mol. The molecular weight excluding hydrogens is 286 g/mol. The fourth-order valence-electron chi connectivity index (χ4n) is 2.31. The molecule has 1 aliphatic heterocycles. The molecular formula is C16H23NO3S. The van der Waals surface area contributed by atoms with Crippen LogP contribution in [0.5, 0.6) is 0 Å². The summed E-state index contributed by atoms with van der Waals surface area (Å²) in [5, 5.41) is 13.1. The number of amides is 1. The standard InChI is InChI=1S/C16H23NO3S/c1-13-3-2-4-14(9-13)10-21-11-15(18)17-12-16(19)5-7-20-8-6-16/h2-4,9,19H,5-8,10-12H2,1H3,(H,17,18). The molecule has 1 aromatic rings. The minimum Gasteiger partial charge on any atom is -0.388 e. The van der Waals surface area contributed by atoms with Crippen LogP contribution < -0.4 is 5.32 Å². The summed E-state index contributed by atoms with van der Waals surface area (Å²) in [6, 6.07) is 8.31. The third-order valence-corrected chi connectivity index (χ3v) is 4.63. The van der Waals surface area contributed by atoms with Gasteiger partial charge in [0, 0.05) is 38.4 Å². The normalized spacial score (nSPS) is 17.4. The molecule has 0 saturated carbocycles. The smallest absolute Gasteiger partial charge is 0.230 e. The first kappa shape index (κ1) is 16.3. The molecule has 0 atom stereocenters. The number of carbonyl (C=O) groups is 1. The minimum atomic E-state index is -0.797. The van der Waals surface area contributed by atoms with Crippen LogP contribution in [0.4, 0.5) is 0 Å². The first-order valence-corrected chi connectivity index (χ1v) is 8.43. The van der Waals surface area contributed by atoms with E-state index in [1.807, 2.05) is 6.07 Å². The van der Waals surface area contributed by atoms with Gasteiger partial charge in [0.15, 0.2) is 0 Å². The molecule has 0 radical (unpaired) electrons. The second kappa shape index (κ2) is 7.82. The van der Waals surface area contributed by atoms with Crippen molar-refractivity contribution in [2.45, 2.75) is 31.1 Å². The van der Waals surface area contributed by atoms with Crippen LogP contribution in [0.25, 0.3) is 0 Å². The van der Waals surface area contributed by atoms with Crippen LogP contribution in [0.2, 0.25) is 0 Å². The van der Waals surface area contributed by atoms with Crippen molar-refractivity contribution in [3.8, 4) is 0 Å². The summed E-state index contributed by atoms with van der Waals surface area (Å²) in [5.41, 5.74) is 1.67. The summed E-state index contributed by atoms with van der Waals surface area (Å²) < 4.78 is 5.22. The van der Waals surface area contributed by atoms with Crippen LogP contribution in [0.15, 0.2) is 24.3 Å². The highest BCUT2D eigenvalue weighted by atomic mass is 32.2. The van der Waals surface area contributed by atoms with Gasteiger partial charge >= 0.3 is 0 Å². The number of benzene rings is 1. The topological polar surface area (TPSA) is 58.6 Å². The Balaban J connectivity index is 1.65. The molecule has 0 unspecified atom stereocenters. The third-order valence-electron chi connectivity index (χ3n) is 3.62. The van der Waals surface area contributed by atoms with E-state index in [2.05, 4.69) is 30.4 Å². The van der Waals surface area contributed by atoms with Gasteiger partial charge in [-0.05, 0) is 12.5 Å². The predicted octanol–water partition coefficient (Wildman–Crippen LogP) is 1.89. The van der Waals surface area contributed by atoms with Gasteiger partial charge in [-0.25, -0.2) is 0 Å². The summed E-state index contributed by atoms with van der Waals surface area (Å²) in [7, 11) is 0. The number of carbonyl (C=O) groups excluding carboxylic acids is 1. The summed E-state index contributed by atoms with van der Waals surface area (Å²) >= 11 is 1.59. The quantitative estimate of drug-likeness (QED) is 0.842. The molecule has 1 amide bonds. The number of aryl methyl sites for hydroxylation is 1. The molecule has 0 aromatic heterocycles. The molecule has 0 bridgehead atoms. The Morgan fingerprint density at radius 1 is 1.43 bits per heavy atom. The maximum absolute atomic E-state index is 11.8. The number of nitrogens with one attached hydrogen (secondary N) is 1. The predicted molar refractivity (Wildman–Crippen MR) is 85.4 cm³/mol. The number of thioether (sulfide) groups is 1. The highest BCUT2D eigenvalue weighted by molar-refractivity contribution is 7.99. The lowest BCUT2D eigenvalue weighted by molar-refractivity contribution is -0.121. The number of hydrogen-bond donors (Lipinski definition) is 2. The van der Waals surface area contributed by atoms with Gasteiger partial charge in [-0.1, -0.05) is 29.8 Å². The van der Waals surface area contributed by atoms with Crippen LogP contribution >= 0.6 is 11.8 Å². The first-order valence-electron chi connectivity index (χ1n) is 7.28. The second-order valence-electron chi connectivity index (χ2n) is 5.60. The first-order chi connectivity index (χ1) is 10.1. The van der Waals surface area contributed by atoms with Crippen molar-refractivity contribution >= 4 is 17.7 Å². The lowest BCUT2D eigenvalue weighted by atomic mass is 9.94. The lowest BCUT2D eigenvalue weighted by Gasteiger charge is -2.32. The minimum absolute atomic E-state index is 0.0208. The summed E-state index contributed by atoms with van der Waals surface area (Å²) in [5.74, 6) is 1.22. The largest absolute Gasteiger partial charge is 0.388 e. The van der Waals surface area contributed by atoms with E-state index in [1.165, 1.54) is 11.1 Å². The van der Waals surface area contributed by atoms with Gasteiger partial charge < -0.3 is 15.2 Å². The van der Waals surface area contributed by atoms with Crippen LogP contribution in [0.1, 0.15) is 24.0 Å². The van der Waals surface area contributed by atoms with Crippen molar-refractivity contribution in [1.29, 1.82) is 0 Å². The Morgan fingerprint density at radius 2 is 2.19 bits per heavy atom. The van der Waals surface area contributed by atoms with Crippen LogP contribution in [-0.2, 0) is 15.3 Å². The van der Waals surface area contributed by atoms with Crippen molar-refractivity contribution < 1.29 is 14.6 Å². The van der Waals surface area contributed by atoms with Crippen molar-refractivity contribution in [2.75, 3.05) is 25.5 Å². The Kier molecular flexibility index (Phi) is 6.08. The highest BCUT2D eigenvalue weighted by Gasteiger charge is 2.29. The van der Waals surface area contributed by atoms with Crippen LogP contribution in [0.3, 0.4) is 0 Å². The number of hydrogen-bond acceptors (Lipinski definition) is 4. The molecule has 2 rings (SSSR count). The van der Waals surface area contributed by atoms with E-state index in [1.54, 1.807) is 11.8 Å². The van der Waals surface area contributed by atoms with E-state index in [9.17, 15) is 9.90 Å². The van der Waals surface area contributed by atoms with Crippen molar-refractivity contribution in [2.24, 2.45) is 0 Å². The molecule has 4 nitrogen and oxygen atoms in total. The zero-order valence-electron chi connectivity index (χ0n) is 12.4. The van der Waals surface area contributed by atoms with Crippen molar-refractivity contribution in [3.05, 3.63) is 35.4 Å². The average molecular weight is 309 g/mol. The maximum Gasteiger partial charge on any atom is 0.230 e. The molecule has 1 aliphatic rings. The van der Waals surface area contributed by atoms with Crippen molar-refractivity contribution in [3.63, 3.8) is 0 Å². The summed E-state index contributed by atoms with van der Waals surface area (Å²) in [4.78, 5) is 11.8. The Labute approximate surface area is 130 Å². The van der Waals surface area contributed by atoms with E-state index in [-0.39, 0.29) is 5.91 Å². The Morgan fingerprint density at radius 3 is 2.90 bits per heavy atom. The molecule has 1 aromatic carbocycles. The van der Waals surface area contributed by atoms with Crippen LogP contribution in [0, 0.1) is 6.92 Å². The number of rotatable bonds is 6. The summed E-state index contributed by atoms with van der Waals surface area (Å²) in [6.07, 6.45) is 1.17. The molecule has 116 valence electrons. The van der Waals surface area contributed by atoms with E-state index < -0.39 is 5.60 Å². The molecule has 1 saturated heterocycles. The van der Waals surface area contributed by atoms with E-state index in [0.29, 0.717) is 38.4 Å². The molecule has 5 heteroatoms. The zero-order valence-corrected chi connectivity index (χ0v) is 13.2. The van der Waals surface area contributed by atoms with Gasteiger partial charge in [0.25, 0.3) is 0 Å². The average Bonchev–Trinajstić information content (AvgIpc) is 2.46. The maximum atomic E-state index is 11.8. The van der Waals surface area contributed by atoms with Gasteiger partial charge in [0.05, 0.1) is 11.4 Å². The number of aliphatic hydroxyl groups is 1. The molecule has 1 heterocycles. The van der Waals surface area contributed by atoms with E-state index in [4.69, 9.17) is 4.74 Å². The van der Waals surface area contributed by atoms with Gasteiger partial charge in [-0.15, -0.1) is 11.8 Å². The molecule has 0 aliphatic carbocycles.